The van der Waals surface area contributed by atoms with Gasteiger partial charge in [-0.2, -0.15) is 0 Å². The first-order valence-electron chi connectivity index (χ1n) is 8.97. The zero-order valence-electron chi connectivity index (χ0n) is 14.0. The number of hydrogen-bond acceptors (Lipinski definition) is 2. The third kappa shape index (κ3) is 3.89. The summed E-state index contributed by atoms with van der Waals surface area (Å²) in [7, 11) is 0. The van der Waals surface area contributed by atoms with Gasteiger partial charge in [0, 0.05) is 43.2 Å². The van der Waals surface area contributed by atoms with Crippen molar-refractivity contribution in [2.24, 2.45) is 5.92 Å². The number of halogens is 1. The van der Waals surface area contributed by atoms with Gasteiger partial charge < -0.3 is 4.90 Å². The summed E-state index contributed by atoms with van der Waals surface area (Å²) in [6.45, 7) is 5.92. The molecule has 1 unspecified atom stereocenters. The van der Waals surface area contributed by atoms with E-state index in [4.69, 9.17) is 11.6 Å². The summed E-state index contributed by atoms with van der Waals surface area (Å²) < 4.78 is 0. The van der Waals surface area contributed by atoms with E-state index in [-0.39, 0.29) is 0 Å². The summed E-state index contributed by atoms with van der Waals surface area (Å²) in [6, 6.07) is 8.63. The molecule has 0 aromatic heterocycles. The average Bonchev–Trinajstić information content (AvgIpc) is 3.12. The lowest BCUT2D eigenvalue weighted by Gasteiger charge is -2.40. The molecule has 2 aliphatic rings. The fourth-order valence-electron chi connectivity index (χ4n) is 4.07. The van der Waals surface area contributed by atoms with Crippen LogP contribution in [0.4, 0.5) is 0 Å². The molecule has 1 saturated carbocycles. The predicted octanol–water partition coefficient (Wildman–Crippen LogP) is 4.13. The van der Waals surface area contributed by atoms with Crippen LogP contribution < -0.4 is 0 Å². The molecule has 1 heterocycles. The first-order valence-corrected chi connectivity index (χ1v) is 9.35. The largest absolute Gasteiger partial charge is 0.340 e. The van der Waals surface area contributed by atoms with Crippen molar-refractivity contribution >= 4 is 17.5 Å². The van der Waals surface area contributed by atoms with E-state index in [0.29, 0.717) is 17.9 Å². The van der Waals surface area contributed by atoms with E-state index in [1.807, 2.05) is 12.1 Å². The second-order valence-electron chi connectivity index (χ2n) is 6.82. The highest BCUT2D eigenvalue weighted by Crippen LogP contribution is 2.29. The second-order valence-corrected chi connectivity index (χ2v) is 7.25. The Morgan fingerprint density at radius 3 is 2.30 bits per heavy atom. The Morgan fingerprint density at radius 1 is 1.13 bits per heavy atom. The van der Waals surface area contributed by atoms with Crippen LogP contribution >= 0.6 is 11.6 Å². The van der Waals surface area contributed by atoms with E-state index in [0.717, 1.165) is 50.5 Å². The highest BCUT2D eigenvalue weighted by atomic mass is 35.5. The van der Waals surface area contributed by atoms with Crippen LogP contribution in [0, 0.1) is 5.92 Å². The topological polar surface area (TPSA) is 23.6 Å². The summed E-state index contributed by atoms with van der Waals surface area (Å²) in [4.78, 5) is 17.2. The molecule has 1 aliphatic heterocycles. The third-order valence-corrected chi connectivity index (χ3v) is 5.66. The number of rotatable bonds is 4. The van der Waals surface area contributed by atoms with E-state index < -0.39 is 0 Å². The standard InChI is InChI=1S/C19H27ClN2O/c1-2-18(15-7-9-17(20)10-8-15)21-11-13-22(14-12-21)19(23)16-5-3-4-6-16/h7-10,16,18H,2-6,11-14H2,1H3. The minimum Gasteiger partial charge on any atom is -0.340 e. The van der Waals surface area contributed by atoms with Gasteiger partial charge in [-0.05, 0) is 37.0 Å². The molecule has 1 atom stereocenters. The van der Waals surface area contributed by atoms with Gasteiger partial charge in [-0.3, -0.25) is 9.69 Å². The number of hydrogen-bond donors (Lipinski definition) is 0. The molecule has 3 nitrogen and oxygen atoms in total. The molecular weight excluding hydrogens is 308 g/mol. The zero-order valence-corrected chi connectivity index (χ0v) is 14.8. The fourth-order valence-corrected chi connectivity index (χ4v) is 4.20. The van der Waals surface area contributed by atoms with Crippen molar-refractivity contribution in [3.63, 3.8) is 0 Å². The number of piperazine rings is 1. The molecule has 1 saturated heterocycles. The quantitative estimate of drug-likeness (QED) is 0.826. The Hall–Kier alpha value is -1.06. The maximum Gasteiger partial charge on any atom is 0.225 e. The van der Waals surface area contributed by atoms with Crippen LogP contribution in [0.3, 0.4) is 0 Å². The van der Waals surface area contributed by atoms with Crippen LogP contribution in [0.5, 0.6) is 0 Å². The van der Waals surface area contributed by atoms with Crippen LogP contribution in [0.2, 0.25) is 5.02 Å². The summed E-state index contributed by atoms with van der Waals surface area (Å²) in [5.41, 5.74) is 1.33. The number of carbonyl (C=O) groups excluding carboxylic acids is 1. The van der Waals surface area contributed by atoms with Crippen LogP contribution in [-0.2, 0) is 4.79 Å². The SMILES string of the molecule is CCC(c1ccc(Cl)cc1)N1CCN(C(=O)C2CCCC2)CC1. The van der Waals surface area contributed by atoms with E-state index in [1.54, 1.807) is 0 Å². The third-order valence-electron chi connectivity index (χ3n) is 5.41. The first-order chi connectivity index (χ1) is 11.2. The normalized spacial score (nSPS) is 21.6. The van der Waals surface area contributed by atoms with Gasteiger partial charge in [-0.1, -0.05) is 43.5 Å². The monoisotopic (exact) mass is 334 g/mol. The van der Waals surface area contributed by atoms with Crippen molar-refractivity contribution in [3.8, 4) is 0 Å². The highest BCUT2D eigenvalue weighted by Gasteiger charge is 2.31. The van der Waals surface area contributed by atoms with Crippen molar-refractivity contribution in [1.29, 1.82) is 0 Å². The van der Waals surface area contributed by atoms with Crippen LogP contribution in [0.25, 0.3) is 0 Å². The first kappa shape index (κ1) is 16.8. The highest BCUT2D eigenvalue weighted by molar-refractivity contribution is 6.30. The fraction of sp³-hybridized carbons (Fsp3) is 0.632. The lowest BCUT2D eigenvalue weighted by Crippen LogP contribution is -2.50. The van der Waals surface area contributed by atoms with Gasteiger partial charge in [-0.15, -0.1) is 0 Å². The molecule has 1 aliphatic carbocycles. The number of carbonyl (C=O) groups is 1. The van der Waals surface area contributed by atoms with Crippen molar-refractivity contribution < 1.29 is 4.79 Å². The van der Waals surface area contributed by atoms with Gasteiger partial charge >= 0.3 is 0 Å². The molecule has 0 N–H and O–H groups in total. The summed E-state index contributed by atoms with van der Waals surface area (Å²) in [5, 5.41) is 0.788. The Balaban J connectivity index is 1.58. The van der Waals surface area contributed by atoms with Crippen LogP contribution in [-0.4, -0.2) is 41.9 Å². The van der Waals surface area contributed by atoms with Crippen molar-refractivity contribution in [2.75, 3.05) is 26.2 Å². The van der Waals surface area contributed by atoms with E-state index in [1.165, 1.54) is 18.4 Å². The molecule has 3 rings (SSSR count). The lowest BCUT2D eigenvalue weighted by molar-refractivity contribution is -0.137. The molecular formula is C19H27ClN2O. The van der Waals surface area contributed by atoms with Gasteiger partial charge in [0.05, 0.1) is 0 Å². The van der Waals surface area contributed by atoms with E-state index in [2.05, 4.69) is 28.9 Å². The van der Waals surface area contributed by atoms with Crippen LogP contribution in [0.1, 0.15) is 50.6 Å². The maximum absolute atomic E-state index is 12.5. The van der Waals surface area contributed by atoms with Gasteiger partial charge in [0.1, 0.15) is 0 Å². The Bertz CT molecular complexity index is 517. The van der Waals surface area contributed by atoms with Crippen molar-refractivity contribution in [1.82, 2.24) is 9.80 Å². The average molecular weight is 335 g/mol. The van der Waals surface area contributed by atoms with Crippen molar-refractivity contribution in [3.05, 3.63) is 34.9 Å². The molecule has 4 heteroatoms. The molecule has 1 aromatic carbocycles. The van der Waals surface area contributed by atoms with E-state index >= 15 is 0 Å². The van der Waals surface area contributed by atoms with Gasteiger partial charge in [0.2, 0.25) is 5.91 Å². The summed E-state index contributed by atoms with van der Waals surface area (Å²) in [5.74, 6) is 0.710. The predicted molar refractivity (Wildman–Crippen MR) is 94.6 cm³/mol. The Kier molecular flexibility index (Phi) is 5.60. The Labute approximate surface area is 144 Å². The lowest BCUT2D eigenvalue weighted by atomic mass is 10.0. The minimum atomic E-state index is 0.305. The molecule has 2 fully saturated rings. The minimum absolute atomic E-state index is 0.305. The smallest absolute Gasteiger partial charge is 0.225 e. The molecule has 0 bridgehead atoms. The number of benzene rings is 1. The van der Waals surface area contributed by atoms with Gasteiger partial charge in [-0.25, -0.2) is 0 Å². The molecule has 126 valence electrons. The number of amides is 1. The van der Waals surface area contributed by atoms with Crippen molar-refractivity contribution in [2.45, 2.75) is 45.1 Å². The summed E-state index contributed by atoms with van der Waals surface area (Å²) >= 11 is 6.00. The van der Waals surface area contributed by atoms with E-state index in [9.17, 15) is 4.79 Å². The maximum atomic E-state index is 12.5. The Morgan fingerprint density at radius 2 is 1.74 bits per heavy atom. The molecule has 0 radical (unpaired) electrons. The second kappa shape index (κ2) is 7.67. The molecule has 23 heavy (non-hydrogen) atoms. The molecule has 1 aromatic rings. The zero-order chi connectivity index (χ0) is 16.2. The summed E-state index contributed by atoms with van der Waals surface area (Å²) in [6.07, 6.45) is 5.73. The number of nitrogens with zero attached hydrogens (tertiary/aromatic N) is 2. The molecule has 0 spiro atoms. The van der Waals surface area contributed by atoms with Gasteiger partial charge in [0.25, 0.3) is 0 Å². The van der Waals surface area contributed by atoms with Crippen LogP contribution in [0.15, 0.2) is 24.3 Å². The van der Waals surface area contributed by atoms with Gasteiger partial charge in [0.15, 0.2) is 0 Å². The molecule has 1 amide bonds.